The van der Waals surface area contributed by atoms with Gasteiger partial charge in [-0.05, 0) is 31.0 Å². The van der Waals surface area contributed by atoms with E-state index in [-0.39, 0.29) is 6.61 Å². The summed E-state index contributed by atoms with van der Waals surface area (Å²) < 4.78 is 0. The largest absolute Gasteiger partial charge is 0.395 e. The smallest absolute Gasteiger partial charge is 0.0761 e. The molecule has 1 aromatic rings. The Balaban J connectivity index is 2.76. The summed E-state index contributed by atoms with van der Waals surface area (Å²) >= 11 is 0. The van der Waals surface area contributed by atoms with Crippen molar-refractivity contribution in [2.24, 2.45) is 0 Å². The van der Waals surface area contributed by atoms with Crippen LogP contribution in [0.1, 0.15) is 31.9 Å². The fourth-order valence-corrected chi connectivity index (χ4v) is 1.72. The molecular formula is C13H21NO2. The van der Waals surface area contributed by atoms with Gasteiger partial charge in [0.15, 0.2) is 0 Å². The van der Waals surface area contributed by atoms with Crippen LogP contribution >= 0.6 is 0 Å². The molecule has 3 heteroatoms. The molecule has 0 radical (unpaired) electrons. The number of aliphatic hydroxyl groups is 2. The summed E-state index contributed by atoms with van der Waals surface area (Å²) in [6.07, 6.45) is 0.629. The summed E-state index contributed by atoms with van der Waals surface area (Å²) in [6.45, 7) is 5.63. The SMILES string of the molecule is CCCN(CCO)c1ccc([C@H](C)O)cc1. The molecule has 90 valence electrons. The van der Waals surface area contributed by atoms with E-state index in [1.807, 2.05) is 24.3 Å². The minimum atomic E-state index is -0.425. The molecule has 16 heavy (non-hydrogen) atoms. The van der Waals surface area contributed by atoms with Gasteiger partial charge in [0.05, 0.1) is 12.7 Å². The third-order valence-electron chi connectivity index (χ3n) is 2.60. The average molecular weight is 223 g/mol. The standard InChI is InChI=1S/C13H21NO2/c1-3-8-14(9-10-15)13-6-4-12(5-7-13)11(2)16/h4-7,11,15-16H,3,8-10H2,1-2H3/t11-/m0/s1. The fourth-order valence-electron chi connectivity index (χ4n) is 1.72. The van der Waals surface area contributed by atoms with Crippen LogP contribution in [0.2, 0.25) is 0 Å². The second-order valence-corrected chi connectivity index (χ2v) is 3.98. The summed E-state index contributed by atoms with van der Waals surface area (Å²) in [4.78, 5) is 2.14. The van der Waals surface area contributed by atoms with E-state index in [9.17, 15) is 5.11 Å². The maximum absolute atomic E-state index is 9.41. The van der Waals surface area contributed by atoms with Gasteiger partial charge in [-0.3, -0.25) is 0 Å². The monoisotopic (exact) mass is 223 g/mol. The van der Waals surface area contributed by atoms with Gasteiger partial charge < -0.3 is 15.1 Å². The summed E-state index contributed by atoms with van der Waals surface area (Å²) in [6, 6.07) is 7.85. The summed E-state index contributed by atoms with van der Waals surface area (Å²) in [5.41, 5.74) is 2.02. The van der Waals surface area contributed by atoms with Crippen LogP contribution in [0.25, 0.3) is 0 Å². The first kappa shape index (κ1) is 13.0. The molecule has 0 bridgehead atoms. The molecule has 0 saturated heterocycles. The van der Waals surface area contributed by atoms with Gasteiger partial charge in [-0.25, -0.2) is 0 Å². The minimum absolute atomic E-state index is 0.165. The molecule has 1 aromatic carbocycles. The second kappa shape index (κ2) is 6.51. The van der Waals surface area contributed by atoms with Crippen LogP contribution in [0.5, 0.6) is 0 Å². The molecule has 0 aliphatic rings. The highest BCUT2D eigenvalue weighted by Crippen LogP contribution is 2.19. The van der Waals surface area contributed by atoms with Crippen molar-refractivity contribution in [3.8, 4) is 0 Å². The summed E-state index contributed by atoms with van der Waals surface area (Å²) in [7, 11) is 0. The highest BCUT2D eigenvalue weighted by atomic mass is 16.3. The van der Waals surface area contributed by atoms with Crippen LogP contribution in [-0.4, -0.2) is 29.9 Å². The van der Waals surface area contributed by atoms with Crippen molar-refractivity contribution in [2.45, 2.75) is 26.4 Å². The quantitative estimate of drug-likeness (QED) is 0.774. The molecule has 1 atom stereocenters. The highest BCUT2D eigenvalue weighted by Gasteiger charge is 2.06. The van der Waals surface area contributed by atoms with E-state index in [1.165, 1.54) is 0 Å². The second-order valence-electron chi connectivity index (χ2n) is 3.98. The van der Waals surface area contributed by atoms with E-state index >= 15 is 0 Å². The number of benzene rings is 1. The summed E-state index contributed by atoms with van der Waals surface area (Å²) in [5, 5.41) is 18.4. The molecule has 0 amide bonds. The van der Waals surface area contributed by atoms with Crippen LogP contribution in [-0.2, 0) is 0 Å². The third kappa shape index (κ3) is 3.51. The Hall–Kier alpha value is -1.06. The van der Waals surface area contributed by atoms with Gasteiger partial charge in [0, 0.05) is 18.8 Å². The molecule has 0 aliphatic carbocycles. The lowest BCUT2D eigenvalue weighted by Gasteiger charge is -2.23. The van der Waals surface area contributed by atoms with E-state index < -0.39 is 6.10 Å². The number of hydrogen-bond donors (Lipinski definition) is 2. The van der Waals surface area contributed by atoms with Gasteiger partial charge in [-0.1, -0.05) is 19.1 Å². The van der Waals surface area contributed by atoms with Gasteiger partial charge in [0.2, 0.25) is 0 Å². The Morgan fingerprint density at radius 1 is 1.19 bits per heavy atom. The van der Waals surface area contributed by atoms with Crippen molar-refractivity contribution in [1.29, 1.82) is 0 Å². The Labute approximate surface area is 97.3 Å². The van der Waals surface area contributed by atoms with E-state index in [0.29, 0.717) is 6.54 Å². The average Bonchev–Trinajstić information content (AvgIpc) is 2.29. The summed E-state index contributed by atoms with van der Waals surface area (Å²) in [5.74, 6) is 0. The lowest BCUT2D eigenvalue weighted by Crippen LogP contribution is -2.27. The van der Waals surface area contributed by atoms with Crippen molar-refractivity contribution < 1.29 is 10.2 Å². The van der Waals surface area contributed by atoms with Crippen LogP contribution in [0, 0.1) is 0 Å². The molecule has 0 aliphatic heterocycles. The first-order valence-corrected chi connectivity index (χ1v) is 5.82. The zero-order chi connectivity index (χ0) is 12.0. The van der Waals surface area contributed by atoms with Crippen molar-refractivity contribution >= 4 is 5.69 Å². The first-order chi connectivity index (χ1) is 7.69. The lowest BCUT2D eigenvalue weighted by atomic mass is 10.1. The van der Waals surface area contributed by atoms with E-state index in [2.05, 4.69) is 11.8 Å². The van der Waals surface area contributed by atoms with E-state index in [1.54, 1.807) is 6.92 Å². The molecule has 0 unspecified atom stereocenters. The maximum Gasteiger partial charge on any atom is 0.0761 e. The van der Waals surface area contributed by atoms with Gasteiger partial charge in [0.1, 0.15) is 0 Å². The maximum atomic E-state index is 9.41. The van der Waals surface area contributed by atoms with Crippen molar-refractivity contribution in [3.63, 3.8) is 0 Å². The Morgan fingerprint density at radius 3 is 2.25 bits per heavy atom. The normalized spacial score (nSPS) is 12.5. The zero-order valence-electron chi connectivity index (χ0n) is 10.1. The highest BCUT2D eigenvalue weighted by molar-refractivity contribution is 5.47. The van der Waals surface area contributed by atoms with Gasteiger partial charge in [0.25, 0.3) is 0 Å². The topological polar surface area (TPSA) is 43.7 Å². The Kier molecular flexibility index (Phi) is 5.29. The van der Waals surface area contributed by atoms with Crippen molar-refractivity contribution in [2.75, 3.05) is 24.6 Å². The third-order valence-corrected chi connectivity index (χ3v) is 2.60. The minimum Gasteiger partial charge on any atom is -0.395 e. The molecule has 0 fully saturated rings. The predicted molar refractivity (Wildman–Crippen MR) is 66.7 cm³/mol. The predicted octanol–water partition coefficient (Wildman–Crippen LogP) is 1.95. The molecule has 0 heterocycles. The van der Waals surface area contributed by atoms with Crippen LogP contribution in [0.4, 0.5) is 5.69 Å². The zero-order valence-corrected chi connectivity index (χ0v) is 10.1. The molecule has 0 saturated carbocycles. The Bertz CT molecular complexity index is 289. The van der Waals surface area contributed by atoms with Crippen molar-refractivity contribution in [3.05, 3.63) is 29.8 Å². The van der Waals surface area contributed by atoms with Gasteiger partial charge in [-0.15, -0.1) is 0 Å². The fraction of sp³-hybridized carbons (Fsp3) is 0.538. The number of anilines is 1. The van der Waals surface area contributed by atoms with Gasteiger partial charge >= 0.3 is 0 Å². The first-order valence-electron chi connectivity index (χ1n) is 5.82. The molecule has 1 rings (SSSR count). The molecule has 2 N–H and O–H groups in total. The van der Waals surface area contributed by atoms with Gasteiger partial charge in [-0.2, -0.15) is 0 Å². The van der Waals surface area contributed by atoms with E-state index in [4.69, 9.17) is 5.11 Å². The number of nitrogens with zero attached hydrogens (tertiary/aromatic N) is 1. The molecule has 3 nitrogen and oxygen atoms in total. The number of hydrogen-bond acceptors (Lipinski definition) is 3. The van der Waals surface area contributed by atoms with Crippen molar-refractivity contribution in [1.82, 2.24) is 0 Å². The van der Waals surface area contributed by atoms with Crippen LogP contribution in [0.3, 0.4) is 0 Å². The molecule has 0 aromatic heterocycles. The number of aliphatic hydroxyl groups excluding tert-OH is 2. The number of rotatable bonds is 6. The van der Waals surface area contributed by atoms with Crippen LogP contribution in [0.15, 0.2) is 24.3 Å². The Morgan fingerprint density at radius 2 is 1.81 bits per heavy atom. The molecular weight excluding hydrogens is 202 g/mol. The van der Waals surface area contributed by atoms with E-state index in [0.717, 1.165) is 24.2 Å². The van der Waals surface area contributed by atoms with Crippen LogP contribution < -0.4 is 4.90 Å². The lowest BCUT2D eigenvalue weighted by molar-refractivity contribution is 0.199. The molecule has 0 spiro atoms.